The van der Waals surface area contributed by atoms with Gasteiger partial charge in [-0.05, 0) is 69.0 Å². The van der Waals surface area contributed by atoms with Crippen LogP contribution in [-0.2, 0) is 14.3 Å². The summed E-state index contributed by atoms with van der Waals surface area (Å²) in [6, 6.07) is 11.6. The van der Waals surface area contributed by atoms with Crippen LogP contribution in [-0.4, -0.2) is 53.4 Å². The molecule has 1 aliphatic rings. The van der Waals surface area contributed by atoms with Crippen LogP contribution < -0.4 is 15.4 Å². The van der Waals surface area contributed by atoms with E-state index in [4.69, 9.17) is 15.9 Å². The maximum atomic E-state index is 14.0. The zero-order valence-electron chi connectivity index (χ0n) is 22.4. The van der Waals surface area contributed by atoms with Crippen LogP contribution in [0.15, 0.2) is 48.5 Å². The first-order valence-corrected chi connectivity index (χ1v) is 13.0. The number of nitrogens with zero attached hydrogens (tertiary/aromatic N) is 1. The van der Waals surface area contributed by atoms with Gasteiger partial charge in [0.25, 0.3) is 5.91 Å². The highest BCUT2D eigenvalue weighted by atomic mass is 32.1. The Kier molecular flexibility index (Phi) is 9.34. The normalized spacial score (nSPS) is 17.8. The fourth-order valence-corrected chi connectivity index (χ4v) is 4.40. The fourth-order valence-electron chi connectivity index (χ4n) is 4.16. The number of thiol groups is 1. The molecule has 0 aliphatic heterocycles. The van der Waals surface area contributed by atoms with Gasteiger partial charge >= 0.3 is 6.09 Å². The molecule has 2 N–H and O–H groups in total. The molecule has 2 aromatic rings. The third-order valence-corrected chi connectivity index (χ3v) is 6.51. The van der Waals surface area contributed by atoms with Crippen LogP contribution in [0.4, 0.5) is 10.5 Å². The van der Waals surface area contributed by atoms with Gasteiger partial charge in [0.2, 0.25) is 5.91 Å². The smallest absolute Gasteiger partial charge is 0.408 e. The molecule has 1 aliphatic carbocycles. The van der Waals surface area contributed by atoms with Crippen LogP contribution >= 0.6 is 12.6 Å². The molecule has 3 amide bonds. The van der Waals surface area contributed by atoms with Crippen LogP contribution in [0.25, 0.3) is 0 Å². The third-order valence-electron chi connectivity index (χ3n) is 6.15. The number of hydrogen-bond donors (Lipinski definition) is 3. The number of methoxy groups -OCH3 is 1. The number of alkyl carbamates (subject to hydrolysis) is 1. The minimum atomic E-state index is -1.05. The van der Waals surface area contributed by atoms with Gasteiger partial charge in [-0.15, -0.1) is 6.42 Å². The Bertz CT molecular complexity index is 1200. The topological polar surface area (TPSA) is 97.0 Å². The van der Waals surface area contributed by atoms with E-state index in [-0.39, 0.29) is 17.7 Å². The molecule has 4 unspecified atom stereocenters. The number of rotatable bonds is 9. The van der Waals surface area contributed by atoms with Crippen molar-refractivity contribution in [3.63, 3.8) is 0 Å². The van der Waals surface area contributed by atoms with Crippen molar-refractivity contribution >= 4 is 36.2 Å². The minimum absolute atomic E-state index is 0.0132. The van der Waals surface area contributed by atoms with E-state index >= 15 is 0 Å². The molecule has 3 rings (SSSR count). The number of amides is 3. The number of anilines is 1. The van der Waals surface area contributed by atoms with E-state index in [0.717, 1.165) is 0 Å². The van der Waals surface area contributed by atoms with Gasteiger partial charge in [0.05, 0.1) is 7.11 Å². The van der Waals surface area contributed by atoms with Gasteiger partial charge in [-0.2, -0.15) is 12.6 Å². The second kappa shape index (κ2) is 12.3. The molecule has 202 valence electrons. The van der Waals surface area contributed by atoms with Crippen molar-refractivity contribution in [3.05, 3.63) is 59.7 Å². The SMILES string of the molecule is C#Cc1ccccc1C(C(=O)Nc1ccc(OC)cc1)N(C(=O)C(CS)NC(=O)OC(C)(C)C)C1CC1C. The van der Waals surface area contributed by atoms with Crippen LogP contribution in [0.2, 0.25) is 0 Å². The molecule has 1 fully saturated rings. The van der Waals surface area contributed by atoms with Crippen molar-refractivity contribution in [2.45, 2.75) is 57.8 Å². The summed E-state index contributed by atoms with van der Waals surface area (Å²) in [5.41, 5.74) is 0.804. The average Bonchev–Trinajstić information content (AvgIpc) is 3.60. The summed E-state index contributed by atoms with van der Waals surface area (Å²) in [6.07, 6.45) is 5.77. The highest BCUT2D eigenvalue weighted by molar-refractivity contribution is 7.80. The van der Waals surface area contributed by atoms with Crippen LogP contribution in [0.5, 0.6) is 5.75 Å². The lowest BCUT2D eigenvalue weighted by Crippen LogP contribution is -2.54. The molecule has 0 bridgehead atoms. The number of terminal acetylenes is 1. The maximum Gasteiger partial charge on any atom is 0.408 e. The average molecular weight is 538 g/mol. The predicted octanol–water partition coefficient (Wildman–Crippen LogP) is 4.42. The number of carbonyl (C=O) groups is 3. The quantitative estimate of drug-likeness (QED) is 0.325. The standard InChI is InChI=1S/C29H35N3O5S/c1-7-19-10-8-9-11-22(19)25(26(33)30-20-12-14-21(36-6)15-13-20)32(24-16-18(24)2)27(34)23(17-38)31-28(35)37-29(3,4)5/h1,8-15,18,23-25,38H,16-17H2,2-6H3,(H,30,33)(H,31,35). The fraction of sp³-hybridized carbons (Fsp3) is 0.414. The molecule has 38 heavy (non-hydrogen) atoms. The summed E-state index contributed by atoms with van der Waals surface area (Å²) in [4.78, 5) is 42.0. The molecular formula is C29H35N3O5S. The molecule has 4 atom stereocenters. The lowest BCUT2D eigenvalue weighted by Gasteiger charge is -2.35. The lowest BCUT2D eigenvalue weighted by molar-refractivity contribution is -0.141. The van der Waals surface area contributed by atoms with E-state index in [9.17, 15) is 14.4 Å². The summed E-state index contributed by atoms with van der Waals surface area (Å²) in [6.45, 7) is 7.21. The minimum Gasteiger partial charge on any atom is -0.497 e. The number of ether oxygens (including phenoxy) is 2. The first-order valence-electron chi connectivity index (χ1n) is 12.4. The van der Waals surface area contributed by atoms with E-state index in [0.29, 0.717) is 29.0 Å². The van der Waals surface area contributed by atoms with Crippen molar-refractivity contribution in [2.75, 3.05) is 18.2 Å². The highest BCUT2D eigenvalue weighted by Crippen LogP contribution is 2.41. The summed E-state index contributed by atoms with van der Waals surface area (Å²) >= 11 is 4.33. The predicted molar refractivity (Wildman–Crippen MR) is 150 cm³/mol. The lowest BCUT2D eigenvalue weighted by atomic mass is 9.97. The second-order valence-corrected chi connectivity index (χ2v) is 10.6. The maximum absolute atomic E-state index is 14.0. The number of nitrogens with one attached hydrogen (secondary N) is 2. The Labute approximate surface area is 229 Å². The Hall–Kier alpha value is -3.64. The van der Waals surface area contributed by atoms with Crippen molar-refractivity contribution in [3.8, 4) is 18.1 Å². The van der Waals surface area contributed by atoms with Gasteiger partial charge < -0.3 is 25.0 Å². The summed E-state index contributed by atoms with van der Waals surface area (Å²) in [7, 11) is 1.56. The van der Waals surface area contributed by atoms with Gasteiger partial charge in [0.1, 0.15) is 23.4 Å². The summed E-state index contributed by atoms with van der Waals surface area (Å²) in [5, 5.41) is 5.54. The number of benzene rings is 2. The Morgan fingerprint density at radius 1 is 1.16 bits per heavy atom. The zero-order chi connectivity index (χ0) is 28.0. The van der Waals surface area contributed by atoms with E-state index < -0.39 is 35.6 Å². The Morgan fingerprint density at radius 3 is 2.32 bits per heavy atom. The molecule has 0 heterocycles. The van der Waals surface area contributed by atoms with Gasteiger partial charge in [0, 0.05) is 23.0 Å². The van der Waals surface area contributed by atoms with Gasteiger partial charge in [-0.1, -0.05) is 31.0 Å². The monoisotopic (exact) mass is 537 g/mol. The van der Waals surface area contributed by atoms with E-state index in [1.807, 2.05) is 6.92 Å². The molecular weight excluding hydrogens is 502 g/mol. The van der Waals surface area contributed by atoms with Crippen molar-refractivity contribution in [1.82, 2.24) is 10.2 Å². The van der Waals surface area contributed by atoms with Crippen molar-refractivity contribution < 1.29 is 23.9 Å². The van der Waals surface area contributed by atoms with Gasteiger partial charge in [0.15, 0.2) is 0 Å². The van der Waals surface area contributed by atoms with Crippen molar-refractivity contribution in [2.24, 2.45) is 5.92 Å². The van der Waals surface area contributed by atoms with Gasteiger partial charge in [-0.25, -0.2) is 4.79 Å². The van der Waals surface area contributed by atoms with Crippen LogP contribution in [0, 0.1) is 18.3 Å². The molecule has 8 nitrogen and oxygen atoms in total. The molecule has 0 spiro atoms. The molecule has 9 heteroatoms. The first kappa shape index (κ1) is 28.9. The Morgan fingerprint density at radius 2 is 1.79 bits per heavy atom. The van der Waals surface area contributed by atoms with Crippen LogP contribution in [0.1, 0.15) is 51.3 Å². The first-order chi connectivity index (χ1) is 18.0. The van der Waals surface area contributed by atoms with E-state index in [1.54, 1.807) is 76.4 Å². The van der Waals surface area contributed by atoms with Crippen molar-refractivity contribution in [1.29, 1.82) is 0 Å². The molecule has 0 saturated heterocycles. The highest BCUT2D eigenvalue weighted by Gasteiger charge is 2.48. The summed E-state index contributed by atoms with van der Waals surface area (Å²) in [5.74, 6) is 2.58. The van der Waals surface area contributed by atoms with E-state index in [2.05, 4.69) is 29.2 Å². The van der Waals surface area contributed by atoms with E-state index in [1.165, 1.54) is 4.90 Å². The summed E-state index contributed by atoms with van der Waals surface area (Å²) < 4.78 is 10.6. The van der Waals surface area contributed by atoms with Crippen LogP contribution in [0.3, 0.4) is 0 Å². The molecule has 0 radical (unpaired) electrons. The molecule has 0 aromatic heterocycles. The number of carbonyl (C=O) groups excluding carboxylic acids is 3. The zero-order valence-corrected chi connectivity index (χ0v) is 23.2. The Balaban J connectivity index is 2.01. The third kappa shape index (κ3) is 7.23. The molecule has 2 aromatic carbocycles. The molecule has 1 saturated carbocycles. The largest absolute Gasteiger partial charge is 0.497 e. The second-order valence-electron chi connectivity index (χ2n) is 10.3. The number of hydrogen-bond acceptors (Lipinski definition) is 6. The van der Waals surface area contributed by atoms with Gasteiger partial charge in [-0.3, -0.25) is 9.59 Å².